The van der Waals surface area contributed by atoms with E-state index in [4.69, 9.17) is 0 Å². The fraction of sp³-hybridized carbons (Fsp3) is 0.200. The van der Waals surface area contributed by atoms with E-state index in [1.165, 1.54) is 5.03 Å². The normalized spacial score (nSPS) is 17.3. The largest absolute Gasteiger partial charge is 0.368 e. The van der Waals surface area contributed by atoms with Gasteiger partial charge in [0, 0.05) is 18.6 Å². The third kappa shape index (κ3) is 1.41. The Bertz CT molecular complexity index is 486. The zero-order valence-corrected chi connectivity index (χ0v) is 11.3. The van der Waals surface area contributed by atoms with Crippen LogP contribution in [0.25, 0.3) is 0 Å². The summed E-state index contributed by atoms with van der Waals surface area (Å²) < 4.78 is 1.08. The highest BCUT2D eigenvalue weighted by Gasteiger charge is 2.33. The maximum atomic E-state index is 3.48. The van der Waals surface area contributed by atoms with Crippen molar-refractivity contribution >= 4 is 39.3 Å². The number of hydrogen-bond donors (Lipinski definition) is 2. The van der Waals surface area contributed by atoms with E-state index in [-0.39, 0.29) is 0 Å². The fourth-order valence-corrected chi connectivity index (χ4v) is 2.94. The van der Waals surface area contributed by atoms with E-state index in [2.05, 4.69) is 48.1 Å². The third-order valence-electron chi connectivity index (χ3n) is 2.52. The Balaban J connectivity index is 2.07. The molecule has 6 heteroatoms. The first-order valence-electron chi connectivity index (χ1n) is 4.87. The minimum Gasteiger partial charge on any atom is -0.368 e. The highest BCUT2D eigenvalue weighted by Crippen LogP contribution is 2.43. The van der Waals surface area contributed by atoms with Gasteiger partial charge in [0.15, 0.2) is 5.82 Å². The van der Waals surface area contributed by atoms with Crippen LogP contribution in [0.1, 0.15) is 0 Å². The zero-order chi connectivity index (χ0) is 11.3. The van der Waals surface area contributed by atoms with Crippen LogP contribution in [0.15, 0.2) is 33.5 Å². The molecule has 4 nitrogen and oxygen atoms in total. The molecule has 0 aliphatic carbocycles. The SMILES string of the molecule is CN(C)C1=C2Nc3cc(Br)ccc3N2NS1. The molecule has 0 saturated heterocycles. The van der Waals surface area contributed by atoms with Crippen LogP contribution in [0.3, 0.4) is 0 Å². The third-order valence-corrected chi connectivity index (χ3v) is 4.04. The number of nitrogens with zero attached hydrogens (tertiary/aromatic N) is 2. The Morgan fingerprint density at radius 1 is 1.38 bits per heavy atom. The average Bonchev–Trinajstić information content (AvgIpc) is 2.74. The number of anilines is 2. The molecule has 2 heterocycles. The molecule has 2 aliphatic heterocycles. The quantitative estimate of drug-likeness (QED) is 0.778. The molecule has 1 aromatic carbocycles. The van der Waals surface area contributed by atoms with Crippen LogP contribution in [0.5, 0.6) is 0 Å². The van der Waals surface area contributed by atoms with Gasteiger partial charge in [0.1, 0.15) is 5.03 Å². The van der Waals surface area contributed by atoms with Crippen LogP contribution in [-0.4, -0.2) is 19.0 Å². The van der Waals surface area contributed by atoms with Gasteiger partial charge in [0.05, 0.1) is 11.4 Å². The molecule has 0 radical (unpaired) electrons. The van der Waals surface area contributed by atoms with Crippen molar-refractivity contribution in [2.45, 2.75) is 0 Å². The summed E-state index contributed by atoms with van der Waals surface area (Å²) >= 11 is 5.10. The van der Waals surface area contributed by atoms with Crippen molar-refractivity contribution in [3.63, 3.8) is 0 Å². The highest BCUT2D eigenvalue weighted by atomic mass is 79.9. The number of fused-ring (bicyclic) bond motifs is 3. The maximum absolute atomic E-state index is 3.48. The molecule has 0 spiro atoms. The van der Waals surface area contributed by atoms with Gasteiger partial charge < -0.3 is 10.2 Å². The Morgan fingerprint density at radius 3 is 2.94 bits per heavy atom. The summed E-state index contributed by atoms with van der Waals surface area (Å²) in [4.78, 5) is 5.38. The molecule has 16 heavy (non-hydrogen) atoms. The van der Waals surface area contributed by atoms with E-state index in [9.17, 15) is 0 Å². The molecule has 0 atom stereocenters. The first-order chi connectivity index (χ1) is 7.66. The average molecular weight is 299 g/mol. The van der Waals surface area contributed by atoms with Gasteiger partial charge >= 0.3 is 0 Å². The fourth-order valence-electron chi connectivity index (χ4n) is 1.79. The Hall–Kier alpha value is -0.850. The van der Waals surface area contributed by atoms with Gasteiger partial charge in [0.2, 0.25) is 0 Å². The number of benzene rings is 1. The molecule has 0 saturated carbocycles. The lowest BCUT2D eigenvalue weighted by Gasteiger charge is -2.12. The molecular weight excluding hydrogens is 288 g/mol. The van der Waals surface area contributed by atoms with Crippen molar-refractivity contribution < 1.29 is 0 Å². The zero-order valence-electron chi connectivity index (χ0n) is 8.91. The van der Waals surface area contributed by atoms with E-state index in [1.54, 1.807) is 11.9 Å². The summed E-state index contributed by atoms with van der Waals surface area (Å²) in [6, 6.07) is 6.22. The monoisotopic (exact) mass is 298 g/mol. The number of rotatable bonds is 1. The highest BCUT2D eigenvalue weighted by molar-refractivity contribution is 9.10. The molecule has 0 aromatic heterocycles. The number of nitrogens with one attached hydrogen (secondary N) is 2. The number of halogens is 1. The van der Waals surface area contributed by atoms with Gasteiger partial charge in [-0.1, -0.05) is 15.9 Å². The summed E-state index contributed by atoms with van der Waals surface area (Å²) in [5, 5.41) is 6.68. The molecular formula is C10H11BrN4S. The molecule has 2 aliphatic rings. The Labute approximate surface area is 107 Å². The molecule has 0 unspecified atom stereocenters. The Morgan fingerprint density at radius 2 is 2.19 bits per heavy atom. The second-order valence-corrected chi connectivity index (χ2v) is 5.55. The van der Waals surface area contributed by atoms with Crippen molar-refractivity contribution in [3.05, 3.63) is 33.5 Å². The van der Waals surface area contributed by atoms with Gasteiger partial charge in [-0.15, -0.1) is 0 Å². The van der Waals surface area contributed by atoms with E-state index >= 15 is 0 Å². The van der Waals surface area contributed by atoms with Gasteiger partial charge in [-0.3, -0.25) is 0 Å². The van der Waals surface area contributed by atoms with E-state index in [1.807, 2.05) is 20.2 Å². The van der Waals surface area contributed by atoms with Crippen LogP contribution in [-0.2, 0) is 0 Å². The van der Waals surface area contributed by atoms with Crippen molar-refractivity contribution in [2.24, 2.45) is 0 Å². The Kier molecular flexibility index (Phi) is 2.31. The standard InChI is InChI=1S/C10H11BrN4S/c1-14(2)10-9-12-7-5-6(11)3-4-8(7)15(9)13-16-10/h3-5,12-13H,1-2H3. The van der Waals surface area contributed by atoms with Crippen molar-refractivity contribution in [2.75, 3.05) is 24.4 Å². The summed E-state index contributed by atoms with van der Waals surface area (Å²) in [5.41, 5.74) is 2.28. The lowest BCUT2D eigenvalue weighted by atomic mass is 10.3. The summed E-state index contributed by atoms with van der Waals surface area (Å²) in [6.45, 7) is 0. The minimum absolute atomic E-state index is 1.08. The van der Waals surface area contributed by atoms with Gasteiger partial charge in [-0.2, -0.15) is 4.83 Å². The van der Waals surface area contributed by atoms with Crippen LogP contribution < -0.4 is 15.2 Å². The maximum Gasteiger partial charge on any atom is 0.158 e. The predicted octanol–water partition coefficient (Wildman–Crippen LogP) is 2.54. The van der Waals surface area contributed by atoms with E-state index in [0.717, 1.165) is 21.7 Å². The predicted molar refractivity (Wildman–Crippen MR) is 71.7 cm³/mol. The van der Waals surface area contributed by atoms with Crippen LogP contribution >= 0.6 is 27.9 Å². The second-order valence-electron chi connectivity index (χ2n) is 3.86. The summed E-state index contributed by atoms with van der Waals surface area (Å²) in [7, 11) is 4.09. The minimum atomic E-state index is 1.08. The van der Waals surface area contributed by atoms with Crippen molar-refractivity contribution in [3.8, 4) is 0 Å². The van der Waals surface area contributed by atoms with E-state index < -0.39 is 0 Å². The smallest absolute Gasteiger partial charge is 0.158 e. The molecule has 0 bridgehead atoms. The van der Waals surface area contributed by atoms with Gasteiger partial charge in [-0.05, 0) is 30.1 Å². The molecule has 0 amide bonds. The molecule has 0 fully saturated rings. The van der Waals surface area contributed by atoms with Crippen LogP contribution in [0, 0.1) is 0 Å². The number of hydrogen-bond acceptors (Lipinski definition) is 5. The molecule has 1 aromatic rings. The molecule has 2 N–H and O–H groups in total. The lowest BCUT2D eigenvalue weighted by molar-refractivity contribution is 0.546. The van der Waals surface area contributed by atoms with Crippen LogP contribution in [0.4, 0.5) is 11.4 Å². The molecule has 3 rings (SSSR count). The van der Waals surface area contributed by atoms with Gasteiger partial charge in [0.25, 0.3) is 0 Å². The first kappa shape index (κ1) is 10.3. The lowest BCUT2D eigenvalue weighted by Crippen LogP contribution is -2.25. The summed E-state index contributed by atoms with van der Waals surface area (Å²) in [6.07, 6.45) is 0. The first-order valence-corrected chi connectivity index (χ1v) is 6.48. The molecule has 84 valence electrons. The van der Waals surface area contributed by atoms with Crippen molar-refractivity contribution in [1.82, 2.24) is 9.73 Å². The summed E-state index contributed by atoms with van der Waals surface area (Å²) in [5.74, 6) is 1.10. The van der Waals surface area contributed by atoms with Gasteiger partial charge in [-0.25, -0.2) is 5.01 Å². The van der Waals surface area contributed by atoms with Crippen LogP contribution in [0.2, 0.25) is 0 Å². The van der Waals surface area contributed by atoms with Crippen molar-refractivity contribution in [1.29, 1.82) is 0 Å². The van der Waals surface area contributed by atoms with E-state index in [0.29, 0.717) is 0 Å². The topological polar surface area (TPSA) is 30.5 Å². The number of hydrazine groups is 1. The second kappa shape index (κ2) is 3.58.